The van der Waals surface area contributed by atoms with Crippen molar-refractivity contribution in [2.75, 3.05) is 5.32 Å². The Kier molecular flexibility index (Phi) is 5.29. The molecule has 0 radical (unpaired) electrons. The molecule has 0 aliphatic rings. The van der Waals surface area contributed by atoms with Crippen LogP contribution in [0.1, 0.15) is 15.9 Å². The molecule has 0 fully saturated rings. The minimum atomic E-state index is -0.393. The number of halogens is 1. The summed E-state index contributed by atoms with van der Waals surface area (Å²) in [5, 5.41) is 7.42. The molecular weight excluding hydrogens is 371 g/mol. The highest BCUT2D eigenvalue weighted by Gasteiger charge is 2.17. The Labute approximate surface area is 166 Å². The monoisotopic (exact) mass is 388 g/mol. The first kappa shape index (κ1) is 18.4. The SMILES string of the molecule is O=C(C=Cc1ccc(F)cc1)n1nc(-c2ccco2)nc1NCc1ccccc1. The van der Waals surface area contributed by atoms with E-state index >= 15 is 0 Å². The van der Waals surface area contributed by atoms with E-state index in [4.69, 9.17) is 4.42 Å². The van der Waals surface area contributed by atoms with Gasteiger partial charge in [-0.15, -0.1) is 5.10 Å². The molecular formula is C22H17FN4O2. The molecule has 0 spiro atoms. The number of aromatic nitrogens is 3. The van der Waals surface area contributed by atoms with E-state index in [-0.39, 0.29) is 5.82 Å². The fourth-order valence-corrected chi connectivity index (χ4v) is 2.68. The van der Waals surface area contributed by atoms with Crippen LogP contribution >= 0.6 is 0 Å². The Morgan fingerprint density at radius 2 is 1.86 bits per heavy atom. The lowest BCUT2D eigenvalue weighted by Crippen LogP contribution is -2.14. The van der Waals surface area contributed by atoms with Crippen LogP contribution in [0.15, 0.2) is 83.5 Å². The van der Waals surface area contributed by atoms with E-state index < -0.39 is 5.91 Å². The van der Waals surface area contributed by atoms with Gasteiger partial charge in [0.05, 0.1) is 6.26 Å². The van der Waals surface area contributed by atoms with Gasteiger partial charge in [0.1, 0.15) is 5.82 Å². The molecule has 0 bridgehead atoms. The summed E-state index contributed by atoms with van der Waals surface area (Å²) >= 11 is 0. The second kappa shape index (κ2) is 8.35. The standard InChI is InChI=1S/C22H17FN4O2/c23-18-11-8-16(9-12-18)10-13-20(28)27-22(24-15-17-5-2-1-3-6-17)25-21(26-27)19-7-4-14-29-19/h1-14H,15H2,(H,24,25,26). The normalized spacial score (nSPS) is 11.1. The van der Waals surface area contributed by atoms with Gasteiger partial charge in [-0.2, -0.15) is 9.67 Å². The highest BCUT2D eigenvalue weighted by Crippen LogP contribution is 2.19. The molecule has 4 aromatic rings. The summed E-state index contributed by atoms with van der Waals surface area (Å²) in [5.74, 6) is 0.334. The molecule has 0 saturated carbocycles. The van der Waals surface area contributed by atoms with Crippen LogP contribution in [0, 0.1) is 5.82 Å². The van der Waals surface area contributed by atoms with E-state index in [0.29, 0.717) is 29.6 Å². The first-order valence-electron chi connectivity index (χ1n) is 8.96. The number of furan rings is 1. The second-order valence-corrected chi connectivity index (χ2v) is 6.21. The number of carbonyl (C=O) groups is 1. The lowest BCUT2D eigenvalue weighted by Gasteiger charge is -2.05. The molecule has 144 valence electrons. The van der Waals surface area contributed by atoms with Crippen LogP contribution in [0.25, 0.3) is 17.7 Å². The smallest absolute Gasteiger partial charge is 0.274 e. The molecule has 0 unspecified atom stereocenters. The third-order valence-corrected chi connectivity index (χ3v) is 4.14. The van der Waals surface area contributed by atoms with E-state index in [1.165, 1.54) is 29.2 Å². The Morgan fingerprint density at radius 1 is 1.07 bits per heavy atom. The molecule has 0 amide bonds. The van der Waals surface area contributed by atoms with Gasteiger partial charge in [-0.25, -0.2) is 4.39 Å². The number of anilines is 1. The highest BCUT2D eigenvalue weighted by atomic mass is 19.1. The number of nitrogens with zero attached hydrogens (tertiary/aromatic N) is 3. The number of rotatable bonds is 6. The molecule has 2 aromatic carbocycles. The summed E-state index contributed by atoms with van der Waals surface area (Å²) in [4.78, 5) is 17.1. The molecule has 1 N–H and O–H groups in total. The Hall–Kier alpha value is -4.00. The van der Waals surface area contributed by atoms with Gasteiger partial charge >= 0.3 is 0 Å². The average molecular weight is 388 g/mol. The fourth-order valence-electron chi connectivity index (χ4n) is 2.68. The van der Waals surface area contributed by atoms with Crippen molar-refractivity contribution in [3.63, 3.8) is 0 Å². The maximum absolute atomic E-state index is 13.0. The minimum Gasteiger partial charge on any atom is -0.461 e. The zero-order valence-corrected chi connectivity index (χ0v) is 15.3. The molecule has 7 heteroatoms. The molecule has 6 nitrogen and oxygen atoms in total. The Bertz CT molecular complexity index is 1120. The Balaban J connectivity index is 1.59. The van der Waals surface area contributed by atoms with Gasteiger partial charge in [-0.05, 0) is 41.5 Å². The Morgan fingerprint density at radius 3 is 2.59 bits per heavy atom. The van der Waals surface area contributed by atoms with Crippen molar-refractivity contribution in [2.24, 2.45) is 0 Å². The van der Waals surface area contributed by atoms with Crippen LogP contribution in [0.5, 0.6) is 0 Å². The summed E-state index contributed by atoms with van der Waals surface area (Å²) in [6.07, 6.45) is 4.47. The van der Waals surface area contributed by atoms with E-state index in [9.17, 15) is 9.18 Å². The maximum Gasteiger partial charge on any atom is 0.274 e. The summed E-state index contributed by atoms with van der Waals surface area (Å²) in [6, 6.07) is 19.0. The van der Waals surface area contributed by atoms with Crippen molar-refractivity contribution < 1.29 is 13.6 Å². The van der Waals surface area contributed by atoms with Gasteiger partial charge in [0.2, 0.25) is 11.8 Å². The van der Waals surface area contributed by atoms with Crippen LogP contribution in [-0.4, -0.2) is 20.7 Å². The number of hydrogen-bond donors (Lipinski definition) is 1. The van der Waals surface area contributed by atoms with Gasteiger partial charge in [-0.3, -0.25) is 4.79 Å². The third-order valence-electron chi connectivity index (χ3n) is 4.14. The molecule has 2 heterocycles. The molecule has 4 rings (SSSR count). The van der Waals surface area contributed by atoms with Crippen molar-refractivity contribution in [3.8, 4) is 11.6 Å². The van der Waals surface area contributed by atoms with Crippen LogP contribution in [0.4, 0.5) is 10.3 Å². The number of allylic oxidation sites excluding steroid dienone is 1. The van der Waals surface area contributed by atoms with Crippen LogP contribution in [0.3, 0.4) is 0 Å². The number of benzene rings is 2. The van der Waals surface area contributed by atoms with E-state index in [1.807, 2.05) is 30.3 Å². The zero-order chi connectivity index (χ0) is 20.1. The summed E-state index contributed by atoms with van der Waals surface area (Å²) in [7, 11) is 0. The third kappa shape index (κ3) is 4.47. The number of hydrogen-bond acceptors (Lipinski definition) is 5. The van der Waals surface area contributed by atoms with Crippen LogP contribution in [0.2, 0.25) is 0 Å². The lowest BCUT2D eigenvalue weighted by molar-refractivity contribution is 0.0957. The van der Waals surface area contributed by atoms with Gasteiger partial charge in [-0.1, -0.05) is 42.5 Å². The summed E-state index contributed by atoms with van der Waals surface area (Å²) in [6.45, 7) is 0.478. The van der Waals surface area contributed by atoms with Gasteiger partial charge in [0, 0.05) is 12.6 Å². The van der Waals surface area contributed by atoms with Gasteiger partial charge in [0.15, 0.2) is 5.76 Å². The molecule has 0 aliphatic carbocycles. The molecule has 0 saturated heterocycles. The van der Waals surface area contributed by atoms with Crippen molar-refractivity contribution in [2.45, 2.75) is 6.54 Å². The van der Waals surface area contributed by atoms with Crippen LogP contribution < -0.4 is 5.32 Å². The minimum absolute atomic E-state index is 0.300. The van der Waals surface area contributed by atoms with Crippen molar-refractivity contribution in [3.05, 3.63) is 96.0 Å². The van der Waals surface area contributed by atoms with E-state index in [1.54, 1.807) is 30.3 Å². The van der Waals surface area contributed by atoms with Crippen LogP contribution in [-0.2, 0) is 6.54 Å². The van der Waals surface area contributed by atoms with Gasteiger partial charge in [0.25, 0.3) is 5.91 Å². The first-order chi connectivity index (χ1) is 14.2. The molecule has 0 aliphatic heterocycles. The average Bonchev–Trinajstić information content (AvgIpc) is 3.42. The molecule has 0 atom stereocenters. The maximum atomic E-state index is 13.0. The van der Waals surface area contributed by atoms with Gasteiger partial charge < -0.3 is 9.73 Å². The topological polar surface area (TPSA) is 73.0 Å². The number of nitrogens with one attached hydrogen (secondary N) is 1. The largest absolute Gasteiger partial charge is 0.461 e. The van der Waals surface area contributed by atoms with E-state index in [0.717, 1.165) is 5.56 Å². The quantitative estimate of drug-likeness (QED) is 0.487. The lowest BCUT2D eigenvalue weighted by atomic mass is 10.2. The summed E-state index contributed by atoms with van der Waals surface area (Å²) in [5.41, 5.74) is 1.74. The highest BCUT2D eigenvalue weighted by molar-refractivity contribution is 5.94. The van der Waals surface area contributed by atoms with E-state index in [2.05, 4.69) is 15.4 Å². The molecule has 29 heavy (non-hydrogen) atoms. The van der Waals surface area contributed by atoms with Crippen molar-refractivity contribution in [1.29, 1.82) is 0 Å². The van der Waals surface area contributed by atoms with Crippen molar-refractivity contribution in [1.82, 2.24) is 14.8 Å². The molecule has 2 aromatic heterocycles. The number of carbonyl (C=O) groups excluding carboxylic acids is 1. The first-order valence-corrected chi connectivity index (χ1v) is 8.96. The predicted molar refractivity (Wildman–Crippen MR) is 108 cm³/mol. The summed E-state index contributed by atoms with van der Waals surface area (Å²) < 4.78 is 19.6. The van der Waals surface area contributed by atoms with Crippen molar-refractivity contribution >= 4 is 17.9 Å². The fraction of sp³-hybridized carbons (Fsp3) is 0.0455. The zero-order valence-electron chi connectivity index (χ0n) is 15.3. The predicted octanol–water partition coefficient (Wildman–Crippen LogP) is 4.64. The second-order valence-electron chi connectivity index (χ2n) is 6.21.